The molecule has 0 aliphatic carbocycles. The van der Waals surface area contributed by atoms with Gasteiger partial charge in [-0.05, 0) is 70.6 Å². The molecular formula is C60H111NO8. The van der Waals surface area contributed by atoms with Gasteiger partial charge >= 0.3 is 0 Å². The van der Waals surface area contributed by atoms with E-state index < -0.39 is 49.5 Å². The van der Waals surface area contributed by atoms with Crippen LogP contribution in [0.2, 0.25) is 0 Å². The Labute approximate surface area is 424 Å². The monoisotopic (exact) mass is 974 g/mol. The molecule has 6 N–H and O–H groups in total. The topological polar surface area (TPSA) is 149 Å². The van der Waals surface area contributed by atoms with E-state index in [4.69, 9.17) is 9.47 Å². The summed E-state index contributed by atoms with van der Waals surface area (Å²) in [5.74, 6) is -0.189. The maximum atomic E-state index is 13.0. The highest BCUT2D eigenvalue weighted by molar-refractivity contribution is 5.76. The third-order valence-electron chi connectivity index (χ3n) is 13.9. The first-order chi connectivity index (χ1) is 33.8. The van der Waals surface area contributed by atoms with Crippen LogP contribution in [0.15, 0.2) is 48.6 Å². The number of ether oxygens (including phenoxy) is 2. The van der Waals surface area contributed by atoms with Gasteiger partial charge in [-0.15, -0.1) is 0 Å². The first-order valence-electron chi connectivity index (χ1n) is 29.4. The minimum atomic E-state index is -1.57. The second kappa shape index (κ2) is 49.7. The van der Waals surface area contributed by atoms with Gasteiger partial charge in [-0.3, -0.25) is 4.79 Å². The van der Waals surface area contributed by atoms with E-state index in [1.165, 1.54) is 205 Å². The molecule has 1 amide bonds. The molecule has 0 aromatic rings. The number of unbranched alkanes of at least 4 members (excludes halogenated alkanes) is 34. The van der Waals surface area contributed by atoms with Gasteiger partial charge in [0, 0.05) is 6.42 Å². The van der Waals surface area contributed by atoms with Crippen molar-refractivity contribution >= 4 is 5.91 Å². The fraction of sp³-hybridized carbons (Fsp3) is 0.850. The molecule has 9 heteroatoms. The first-order valence-corrected chi connectivity index (χ1v) is 29.4. The van der Waals surface area contributed by atoms with Gasteiger partial charge in [0.1, 0.15) is 24.4 Å². The summed E-state index contributed by atoms with van der Waals surface area (Å²) >= 11 is 0. The van der Waals surface area contributed by atoms with E-state index in [1.54, 1.807) is 6.08 Å². The lowest BCUT2D eigenvalue weighted by Gasteiger charge is -2.40. The highest BCUT2D eigenvalue weighted by Gasteiger charge is 2.44. The van der Waals surface area contributed by atoms with Crippen molar-refractivity contribution in [3.05, 3.63) is 48.6 Å². The quantitative estimate of drug-likeness (QED) is 0.0261. The minimum Gasteiger partial charge on any atom is -0.394 e. The van der Waals surface area contributed by atoms with Crippen molar-refractivity contribution in [3.8, 4) is 0 Å². The van der Waals surface area contributed by atoms with Crippen molar-refractivity contribution in [1.29, 1.82) is 0 Å². The molecule has 1 rings (SSSR count). The fourth-order valence-corrected chi connectivity index (χ4v) is 9.18. The van der Waals surface area contributed by atoms with E-state index in [0.717, 1.165) is 44.9 Å². The van der Waals surface area contributed by atoms with Crippen molar-refractivity contribution in [2.24, 2.45) is 0 Å². The predicted molar refractivity (Wildman–Crippen MR) is 290 cm³/mol. The summed E-state index contributed by atoms with van der Waals surface area (Å²) < 4.78 is 11.2. The van der Waals surface area contributed by atoms with Crippen molar-refractivity contribution in [2.75, 3.05) is 13.2 Å². The predicted octanol–water partition coefficient (Wildman–Crippen LogP) is 14.5. The molecule has 7 atom stereocenters. The molecule has 69 heavy (non-hydrogen) atoms. The van der Waals surface area contributed by atoms with Gasteiger partial charge < -0.3 is 40.3 Å². The molecule has 9 nitrogen and oxygen atoms in total. The zero-order valence-corrected chi connectivity index (χ0v) is 44.8. The number of aliphatic hydroxyl groups is 5. The van der Waals surface area contributed by atoms with Crippen LogP contribution in [-0.4, -0.2) is 87.5 Å². The van der Waals surface area contributed by atoms with Gasteiger partial charge in [-0.2, -0.15) is 0 Å². The maximum absolute atomic E-state index is 13.0. The van der Waals surface area contributed by atoms with Crippen LogP contribution >= 0.6 is 0 Å². The number of rotatable bonds is 50. The normalized spacial score (nSPS) is 19.8. The summed E-state index contributed by atoms with van der Waals surface area (Å²) in [6.07, 6.45) is 59.0. The third-order valence-corrected chi connectivity index (χ3v) is 13.9. The largest absolute Gasteiger partial charge is 0.394 e. The Morgan fingerprint density at radius 1 is 0.478 bits per heavy atom. The SMILES string of the molecule is CCCCCCCCC/C=C/CC/C=C/CC/C=C/C(O)C(COC1OC(CO)C(O)C(O)C1O)NC(=O)CCCCCCCCCCCCCCC/C=C\CCCCCCCCCCCCCC. The number of nitrogens with one attached hydrogen (secondary N) is 1. The molecule has 1 saturated heterocycles. The molecule has 0 aromatic heterocycles. The first kappa shape index (κ1) is 65.2. The number of carbonyl (C=O) groups excluding carboxylic acids is 1. The van der Waals surface area contributed by atoms with E-state index in [-0.39, 0.29) is 12.5 Å². The van der Waals surface area contributed by atoms with Crippen LogP contribution in [0.1, 0.15) is 271 Å². The van der Waals surface area contributed by atoms with E-state index in [0.29, 0.717) is 6.42 Å². The van der Waals surface area contributed by atoms with Crippen LogP contribution in [-0.2, 0) is 14.3 Å². The zero-order valence-electron chi connectivity index (χ0n) is 44.8. The average Bonchev–Trinajstić information content (AvgIpc) is 3.35. The van der Waals surface area contributed by atoms with Gasteiger partial charge in [0.15, 0.2) is 6.29 Å². The van der Waals surface area contributed by atoms with Gasteiger partial charge in [-0.1, -0.05) is 242 Å². The van der Waals surface area contributed by atoms with E-state index in [2.05, 4.69) is 55.6 Å². The molecule has 0 aromatic carbocycles. The van der Waals surface area contributed by atoms with Crippen LogP contribution in [0.5, 0.6) is 0 Å². The summed E-state index contributed by atoms with van der Waals surface area (Å²) in [6, 6.07) is -0.828. The van der Waals surface area contributed by atoms with Crippen LogP contribution in [0.25, 0.3) is 0 Å². The van der Waals surface area contributed by atoms with Crippen LogP contribution in [0.3, 0.4) is 0 Å². The summed E-state index contributed by atoms with van der Waals surface area (Å²) in [6.45, 7) is 3.77. The van der Waals surface area contributed by atoms with E-state index in [1.807, 2.05) is 6.08 Å². The number of aliphatic hydroxyl groups excluding tert-OH is 5. The van der Waals surface area contributed by atoms with Gasteiger partial charge in [0.25, 0.3) is 0 Å². The summed E-state index contributed by atoms with van der Waals surface area (Å²) in [4.78, 5) is 13.0. The molecule has 0 radical (unpaired) electrons. The molecule has 1 aliphatic rings. The molecule has 1 aliphatic heterocycles. The van der Waals surface area contributed by atoms with Crippen LogP contribution in [0, 0.1) is 0 Å². The lowest BCUT2D eigenvalue weighted by atomic mass is 9.99. The molecule has 404 valence electrons. The molecule has 1 fully saturated rings. The average molecular weight is 975 g/mol. The number of hydrogen-bond donors (Lipinski definition) is 6. The Balaban J connectivity index is 2.20. The Bertz CT molecular complexity index is 1220. The molecule has 0 saturated carbocycles. The fourth-order valence-electron chi connectivity index (χ4n) is 9.18. The number of hydrogen-bond acceptors (Lipinski definition) is 8. The minimum absolute atomic E-state index is 0.189. The number of carbonyl (C=O) groups is 1. The molecule has 1 heterocycles. The van der Waals surface area contributed by atoms with Gasteiger partial charge in [0.05, 0.1) is 25.4 Å². The smallest absolute Gasteiger partial charge is 0.220 e. The van der Waals surface area contributed by atoms with Gasteiger partial charge in [-0.25, -0.2) is 0 Å². The Morgan fingerprint density at radius 2 is 0.826 bits per heavy atom. The molecular weight excluding hydrogens is 863 g/mol. The third kappa shape index (κ3) is 39.4. The molecule has 0 spiro atoms. The second-order valence-electron chi connectivity index (χ2n) is 20.4. The highest BCUT2D eigenvalue weighted by Crippen LogP contribution is 2.23. The van der Waals surface area contributed by atoms with Gasteiger partial charge in [0.2, 0.25) is 5.91 Å². The summed E-state index contributed by atoms with van der Waals surface area (Å²) in [5.41, 5.74) is 0. The maximum Gasteiger partial charge on any atom is 0.220 e. The standard InChI is InChI=1S/C60H111NO8/c1-3-5-7-9-11-13-15-17-19-21-22-23-24-25-26-27-28-29-30-31-32-34-36-38-40-42-44-46-48-50-56(64)61-53(52-68-60-59(67)58(66)57(65)55(51-62)69-60)54(63)49-47-45-43-41-39-37-35-33-20-18-16-14-12-10-8-6-4-2/h20,25-26,33,39,41,47,49,53-55,57-60,62-63,65-67H,3-19,21-24,27-32,34-38,40,42-46,48,50-52H2,1-2H3,(H,61,64)/b26-25-,33-20+,41-39+,49-47+. The summed E-state index contributed by atoms with van der Waals surface area (Å²) in [7, 11) is 0. The lowest BCUT2D eigenvalue weighted by molar-refractivity contribution is -0.302. The second-order valence-corrected chi connectivity index (χ2v) is 20.4. The van der Waals surface area contributed by atoms with E-state index in [9.17, 15) is 30.3 Å². The Kier molecular flexibility index (Phi) is 47.0. The zero-order chi connectivity index (χ0) is 50.1. The number of amides is 1. The molecule has 7 unspecified atom stereocenters. The van der Waals surface area contributed by atoms with E-state index >= 15 is 0 Å². The van der Waals surface area contributed by atoms with Crippen molar-refractivity contribution in [3.63, 3.8) is 0 Å². The van der Waals surface area contributed by atoms with Crippen molar-refractivity contribution in [2.45, 2.75) is 314 Å². The van der Waals surface area contributed by atoms with Crippen LogP contribution < -0.4 is 5.32 Å². The van der Waals surface area contributed by atoms with Crippen LogP contribution in [0.4, 0.5) is 0 Å². The summed E-state index contributed by atoms with van der Waals surface area (Å²) in [5, 5.41) is 54.4. The number of allylic oxidation sites excluding steroid dienone is 7. The highest BCUT2D eigenvalue weighted by atomic mass is 16.7. The van der Waals surface area contributed by atoms with Crippen molar-refractivity contribution in [1.82, 2.24) is 5.32 Å². The Morgan fingerprint density at radius 3 is 1.22 bits per heavy atom. The molecule has 0 bridgehead atoms. The Hall–Kier alpha value is -1.85. The lowest BCUT2D eigenvalue weighted by Crippen LogP contribution is -2.60. The van der Waals surface area contributed by atoms with Crippen molar-refractivity contribution < 1.29 is 39.8 Å².